The molecular formula is C10H10N4O. The second kappa shape index (κ2) is 3.91. The lowest BCUT2D eigenvalue weighted by molar-refractivity contribution is 0.475. The second-order valence-corrected chi connectivity index (χ2v) is 3.03. The number of phenols is 1. The van der Waals surface area contributed by atoms with Gasteiger partial charge in [-0.15, -0.1) is 10.2 Å². The summed E-state index contributed by atoms with van der Waals surface area (Å²) in [6.07, 6.45) is 1.66. The van der Waals surface area contributed by atoms with E-state index in [1.54, 1.807) is 48.3 Å². The van der Waals surface area contributed by atoms with Gasteiger partial charge in [0.2, 0.25) is 0 Å². The van der Waals surface area contributed by atoms with Crippen LogP contribution in [0.15, 0.2) is 46.8 Å². The summed E-state index contributed by atoms with van der Waals surface area (Å²) in [6, 6.07) is 8.28. The third kappa shape index (κ3) is 2.19. The standard InChI is InChI=1S/C10H10N4O/c1-14-10(6-7-11-14)13-12-8-2-4-9(15)5-3-8/h2-7,15H,1H3. The number of aromatic hydroxyl groups is 1. The smallest absolute Gasteiger partial charge is 0.172 e. The molecule has 0 aliphatic heterocycles. The molecular weight excluding hydrogens is 192 g/mol. The van der Waals surface area contributed by atoms with Gasteiger partial charge in [0.25, 0.3) is 0 Å². The van der Waals surface area contributed by atoms with Gasteiger partial charge in [-0.05, 0) is 24.3 Å². The minimum Gasteiger partial charge on any atom is -0.508 e. The van der Waals surface area contributed by atoms with E-state index in [-0.39, 0.29) is 5.75 Å². The fourth-order valence-electron chi connectivity index (χ4n) is 1.09. The number of phenolic OH excluding ortho intramolecular Hbond substituents is 1. The minimum atomic E-state index is 0.217. The molecule has 2 rings (SSSR count). The third-order valence-corrected chi connectivity index (χ3v) is 1.91. The number of rotatable bonds is 2. The van der Waals surface area contributed by atoms with Crippen LogP contribution in [0.1, 0.15) is 0 Å². The van der Waals surface area contributed by atoms with Crippen molar-refractivity contribution in [2.24, 2.45) is 17.3 Å². The van der Waals surface area contributed by atoms with Crippen LogP contribution in [0.2, 0.25) is 0 Å². The molecule has 0 aliphatic rings. The van der Waals surface area contributed by atoms with E-state index in [0.717, 1.165) is 0 Å². The Kier molecular flexibility index (Phi) is 2.45. The number of hydrogen-bond acceptors (Lipinski definition) is 4. The predicted octanol–water partition coefficient (Wildman–Crippen LogP) is 2.54. The highest BCUT2D eigenvalue weighted by Crippen LogP contribution is 2.19. The summed E-state index contributed by atoms with van der Waals surface area (Å²) < 4.78 is 1.63. The first-order chi connectivity index (χ1) is 7.25. The van der Waals surface area contributed by atoms with Crippen LogP contribution >= 0.6 is 0 Å². The van der Waals surface area contributed by atoms with Crippen LogP contribution in [0.3, 0.4) is 0 Å². The number of azo groups is 1. The maximum atomic E-state index is 9.07. The molecule has 1 aromatic heterocycles. The van der Waals surface area contributed by atoms with Crippen LogP contribution in [0, 0.1) is 0 Å². The van der Waals surface area contributed by atoms with Gasteiger partial charge < -0.3 is 5.11 Å². The van der Waals surface area contributed by atoms with E-state index in [9.17, 15) is 0 Å². The Morgan fingerprint density at radius 3 is 2.47 bits per heavy atom. The van der Waals surface area contributed by atoms with Crippen LogP contribution in [0.5, 0.6) is 5.75 Å². The van der Waals surface area contributed by atoms with Crippen molar-refractivity contribution in [2.45, 2.75) is 0 Å². The van der Waals surface area contributed by atoms with Crippen molar-refractivity contribution in [3.05, 3.63) is 36.5 Å². The quantitative estimate of drug-likeness (QED) is 0.760. The molecule has 15 heavy (non-hydrogen) atoms. The number of hydrogen-bond donors (Lipinski definition) is 1. The van der Waals surface area contributed by atoms with E-state index in [4.69, 9.17) is 5.11 Å². The van der Waals surface area contributed by atoms with E-state index in [2.05, 4.69) is 15.3 Å². The highest BCUT2D eigenvalue weighted by atomic mass is 16.3. The Bertz CT molecular complexity index is 472. The van der Waals surface area contributed by atoms with Crippen molar-refractivity contribution in [1.29, 1.82) is 0 Å². The van der Waals surface area contributed by atoms with Crippen molar-refractivity contribution in [1.82, 2.24) is 9.78 Å². The summed E-state index contributed by atoms with van der Waals surface area (Å²) in [5, 5.41) is 21.0. The van der Waals surface area contributed by atoms with Gasteiger partial charge in [0.05, 0.1) is 11.9 Å². The van der Waals surface area contributed by atoms with Crippen LogP contribution in [-0.4, -0.2) is 14.9 Å². The predicted molar refractivity (Wildman–Crippen MR) is 55.5 cm³/mol. The van der Waals surface area contributed by atoms with Crippen molar-refractivity contribution in [3.63, 3.8) is 0 Å². The lowest BCUT2D eigenvalue weighted by atomic mass is 10.3. The van der Waals surface area contributed by atoms with Crippen LogP contribution < -0.4 is 0 Å². The van der Waals surface area contributed by atoms with Crippen LogP contribution in [-0.2, 0) is 7.05 Å². The Hall–Kier alpha value is -2.17. The molecule has 1 heterocycles. The summed E-state index contributed by atoms with van der Waals surface area (Å²) in [5.41, 5.74) is 0.689. The molecule has 0 radical (unpaired) electrons. The first kappa shape index (κ1) is 9.39. The lowest BCUT2D eigenvalue weighted by Gasteiger charge is -1.94. The Balaban J connectivity index is 2.19. The molecule has 1 N–H and O–H groups in total. The molecule has 5 heteroatoms. The Labute approximate surface area is 86.7 Å². The minimum absolute atomic E-state index is 0.217. The topological polar surface area (TPSA) is 62.8 Å². The van der Waals surface area contributed by atoms with Gasteiger partial charge >= 0.3 is 0 Å². The fourth-order valence-corrected chi connectivity index (χ4v) is 1.09. The highest BCUT2D eigenvalue weighted by molar-refractivity contribution is 5.40. The zero-order chi connectivity index (χ0) is 10.7. The normalized spacial score (nSPS) is 11.0. The van der Waals surface area contributed by atoms with Crippen molar-refractivity contribution in [2.75, 3.05) is 0 Å². The SMILES string of the molecule is Cn1nccc1N=Nc1ccc(O)cc1. The highest BCUT2D eigenvalue weighted by Gasteiger charge is 1.94. The summed E-state index contributed by atoms with van der Waals surface area (Å²) in [5.74, 6) is 0.901. The van der Waals surface area contributed by atoms with Gasteiger partial charge in [-0.25, -0.2) is 4.68 Å². The summed E-state index contributed by atoms with van der Waals surface area (Å²) in [6.45, 7) is 0. The van der Waals surface area contributed by atoms with Crippen molar-refractivity contribution in [3.8, 4) is 5.75 Å². The van der Waals surface area contributed by atoms with E-state index < -0.39 is 0 Å². The van der Waals surface area contributed by atoms with Gasteiger partial charge in [0.15, 0.2) is 5.82 Å². The Morgan fingerprint density at radius 1 is 1.13 bits per heavy atom. The lowest BCUT2D eigenvalue weighted by Crippen LogP contribution is -1.86. The largest absolute Gasteiger partial charge is 0.508 e. The van der Waals surface area contributed by atoms with Crippen LogP contribution in [0.4, 0.5) is 11.5 Å². The molecule has 0 spiro atoms. The summed E-state index contributed by atoms with van der Waals surface area (Å²) in [4.78, 5) is 0. The summed E-state index contributed by atoms with van der Waals surface area (Å²) in [7, 11) is 1.80. The maximum Gasteiger partial charge on any atom is 0.172 e. The Morgan fingerprint density at radius 2 is 1.87 bits per heavy atom. The molecule has 5 nitrogen and oxygen atoms in total. The monoisotopic (exact) mass is 202 g/mol. The zero-order valence-electron chi connectivity index (χ0n) is 8.20. The van der Waals surface area contributed by atoms with Gasteiger partial charge in [0.1, 0.15) is 5.75 Å². The molecule has 76 valence electrons. The van der Waals surface area contributed by atoms with E-state index in [1.807, 2.05) is 0 Å². The molecule has 0 atom stereocenters. The van der Waals surface area contributed by atoms with E-state index in [1.165, 1.54) is 0 Å². The third-order valence-electron chi connectivity index (χ3n) is 1.91. The molecule has 0 saturated heterocycles. The molecule has 0 saturated carbocycles. The number of nitrogens with zero attached hydrogens (tertiary/aromatic N) is 4. The number of benzene rings is 1. The molecule has 1 aromatic carbocycles. The summed E-state index contributed by atoms with van der Waals surface area (Å²) >= 11 is 0. The first-order valence-electron chi connectivity index (χ1n) is 4.44. The molecule has 0 fully saturated rings. The van der Waals surface area contributed by atoms with Gasteiger partial charge in [0, 0.05) is 13.1 Å². The molecule has 0 amide bonds. The van der Waals surface area contributed by atoms with E-state index >= 15 is 0 Å². The van der Waals surface area contributed by atoms with Crippen molar-refractivity contribution >= 4 is 11.5 Å². The average molecular weight is 202 g/mol. The van der Waals surface area contributed by atoms with Gasteiger partial charge in [-0.2, -0.15) is 5.10 Å². The van der Waals surface area contributed by atoms with Crippen molar-refractivity contribution < 1.29 is 5.11 Å². The van der Waals surface area contributed by atoms with E-state index in [0.29, 0.717) is 11.5 Å². The fraction of sp³-hybridized carbons (Fsp3) is 0.100. The average Bonchev–Trinajstić information content (AvgIpc) is 2.63. The van der Waals surface area contributed by atoms with Crippen LogP contribution in [0.25, 0.3) is 0 Å². The van der Waals surface area contributed by atoms with Gasteiger partial charge in [-0.3, -0.25) is 0 Å². The number of aromatic nitrogens is 2. The first-order valence-corrected chi connectivity index (χ1v) is 4.44. The van der Waals surface area contributed by atoms with Gasteiger partial charge in [-0.1, -0.05) is 0 Å². The number of aryl methyl sites for hydroxylation is 1. The second-order valence-electron chi connectivity index (χ2n) is 3.03. The molecule has 0 aliphatic carbocycles. The molecule has 0 unspecified atom stereocenters. The molecule has 2 aromatic rings. The zero-order valence-corrected chi connectivity index (χ0v) is 8.20. The molecule has 0 bridgehead atoms. The maximum absolute atomic E-state index is 9.07.